The molecule has 0 radical (unpaired) electrons. The van der Waals surface area contributed by atoms with Crippen LogP contribution >= 0.6 is 0 Å². The molecular weight excluding hydrogens is 484 g/mol. The number of likely N-dealkylation sites (N-methyl/N-ethyl adjacent to an activating group) is 1. The highest BCUT2D eigenvalue weighted by Gasteiger charge is 2.38. The topological polar surface area (TPSA) is 104 Å². The van der Waals surface area contributed by atoms with E-state index in [9.17, 15) is 20.9 Å². The largest absolute Gasteiger partial charge is 0.480 e. The summed E-state index contributed by atoms with van der Waals surface area (Å²) < 4.78 is 5.85. The Morgan fingerprint density at radius 3 is 2.31 bits per heavy atom. The first-order valence-electron chi connectivity index (χ1n) is 13.2. The molecule has 200 valence electrons. The van der Waals surface area contributed by atoms with E-state index in [0.29, 0.717) is 12.1 Å². The Kier molecular flexibility index (Phi) is 9.37. The van der Waals surface area contributed by atoms with Crippen LogP contribution in [0.25, 0.3) is 6.08 Å². The summed E-state index contributed by atoms with van der Waals surface area (Å²) in [6, 6.07) is 14.1. The Morgan fingerprint density at radius 2 is 1.72 bits per heavy atom. The zero-order valence-corrected chi connectivity index (χ0v) is 23.5. The van der Waals surface area contributed by atoms with Gasteiger partial charge in [0.1, 0.15) is 29.4 Å². The van der Waals surface area contributed by atoms with E-state index in [0.717, 1.165) is 30.6 Å². The predicted molar refractivity (Wildman–Crippen MR) is 155 cm³/mol. The van der Waals surface area contributed by atoms with Gasteiger partial charge in [0.05, 0.1) is 6.61 Å². The Morgan fingerprint density at radius 1 is 1.03 bits per heavy atom. The molecule has 1 heterocycles. The molecule has 0 saturated carbocycles. The van der Waals surface area contributed by atoms with E-state index >= 15 is 0 Å². The highest BCUT2D eigenvalue weighted by atomic mass is 16.5. The van der Waals surface area contributed by atoms with Gasteiger partial charge in [0, 0.05) is 24.4 Å². The lowest BCUT2D eigenvalue weighted by Gasteiger charge is -2.30. The van der Waals surface area contributed by atoms with Crippen LogP contribution in [-0.2, 0) is 4.74 Å². The van der Waals surface area contributed by atoms with Crippen LogP contribution in [0.3, 0.4) is 0 Å². The molecule has 0 amide bonds. The van der Waals surface area contributed by atoms with Crippen LogP contribution in [0.15, 0.2) is 88.3 Å². The van der Waals surface area contributed by atoms with Crippen molar-refractivity contribution < 1.29 is 9.84 Å². The number of benzene rings is 1. The van der Waals surface area contributed by atoms with Gasteiger partial charge in [-0.05, 0) is 67.9 Å². The van der Waals surface area contributed by atoms with E-state index in [2.05, 4.69) is 80.3 Å². The van der Waals surface area contributed by atoms with Gasteiger partial charge in [-0.1, -0.05) is 62.4 Å². The number of nitrogens with zero attached hydrogens (tertiary/aromatic N) is 4. The Hall–Kier alpha value is -4.31. The summed E-state index contributed by atoms with van der Waals surface area (Å²) in [4.78, 5) is 2.14. The number of nitriles is 3. The van der Waals surface area contributed by atoms with E-state index in [1.165, 1.54) is 11.1 Å². The van der Waals surface area contributed by atoms with Gasteiger partial charge < -0.3 is 14.7 Å². The minimum atomic E-state index is -0.828. The van der Waals surface area contributed by atoms with Gasteiger partial charge in [0.15, 0.2) is 11.3 Å². The Bertz CT molecular complexity index is 1380. The Balaban J connectivity index is 1.86. The zero-order valence-electron chi connectivity index (χ0n) is 23.5. The van der Waals surface area contributed by atoms with Crippen LogP contribution in [0.5, 0.6) is 0 Å². The fourth-order valence-electron chi connectivity index (χ4n) is 5.06. The van der Waals surface area contributed by atoms with Crippen molar-refractivity contribution in [3.63, 3.8) is 0 Å². The lowest BCUT2D eigenvalue weighted by Crippen LogP contribution is -2.25. The summed E-state index contributed by atoms with van der Waals surface area (Å²) in [5.74, 6) is 0.0507. The van der Waals surface area contributed by atoms with Crippen molar-refractivity contribution in [3.05, 3.63) is 93.8 Å². The number of rotatable bonds is 8. The van der Waals surface area contributed by atoms with Crippen molar-refractivity contribution in [2.75, 3.05) is 24.6 Å². The molecular formula is C33H36N4O2. The van der Waals surface area contributed by atoms with Gasteiger partial charge in [-0.2, -0.15) is 15.8 Å². The molecule has 0 atom stereocenters. The van der Waals surface area contributed by atoms with Crippen molar-refractivity contribution >= 4 is 11.8 Å². The molecule has 0 bridgehead atoms. The molecule has 1 aromatic rings. The lowest BCUT2D eigenvalue weighted by atomic mass is 9.75. The molecule has 0 fully saturated rings. The SMILES string of the molecule is CCN(CCO)c1ccc(/C=C/C2=CC(=C/C=C/C3=C(C#N)C(=C(C#N)C#N)OC3(C)C)/CC(C)(C)C2)cc1. The molecule has 6 heteroatoms. The second-order valence-electron chi connectivity index (χ2n) is 11.0. The number of allylic oxidation sites excluding steroid dienone is 8. The highest BCUT2D eigenvalue weighted by molar-refractivity contribution is 5.61. The quantitative estimate of drug-likeness (QED) is 0.384. The fraction of sp³-hybridized carbons (Fsp3) is 0.364. The smallest absolute Gasteiger partial charge is 0.172 e. The van der Waals surface area contributed by atoms with Crippen molar-refractivity contribution in [3.8, 4) is 18.2 Å². The first-order valence-corrected chi connectivity index (χ1v) is 13.2. The van der Waals surface area contributed by atoms with Gasteiger partial charge >= 0.3 is 0 Å². The van der Waals surface area contributed by atoms with E-state index in [-0.39, 0.29) is 28.9 Å². The van der Waals surface area contributed by atoms with Crippen molar-refractivity contribution in [2.45, 2.75) is 53.1 Å². The van der Waals surface area contributed by atoms with E-state index in [1.54, 1.807) is 0 Å². The second-order valence-corrected chi connectivity index (χ2v) is 11.0. The van der Waals surface area contributed by atoms with E-state index in [4.69, 9.17) is 4.74 Å². The number of hydrogen-bond donors (Lipinski definition) is 1. The lowest BCUT2D eigenvalue weighted by molar-refractivity contribution is 0.0954. The molecule has 0 spiro atoms. The average molecular weight is 521 g/mol. The molecule has 1 aromatic carbocycles. The average Bonchev–Trinajstić information content (AvgIpc) is 3.15. The number of hydrogen-bond acceptors (Lipinski definition) is 6. The summed E-state index contributed by atoms with van der Waals surface area (Å²) in [6.07, 6.45) is 14.2. The number of anilines is 1. The molecule has 2 aliphatic rings. The minimum Gasteiger partial charge on any atom is -0.480 e. The van der Waals surface area contributed by atoms with Gasteiger partial charge in [-0.15, -0.1) is 0 Å². The molecule has 0 unspecified atom stereocenters. The maximum Gasteiger partial charge on any atom is 0.172 e. The second kappa shape index (κ2) is 12.5. The molecule has 0 saturated heterocycles. The van der Waals surface area contributed by atoms with Gasteiger partial charge in [-0.3, -0.25) is 0 Å². The summed E-state index contributed by atoms with van der Waals surface area (Å²) in [5.41, 5.74) is 4.58. The number of aliphatic hydroxyl groups excluding tert-OH is 1. The zero-order chi connectivity index (χ0) is 28.6. The van der Waals surface area contributed by atoms with Gasteiger partial charge in [-0.25, -0.2) is 0 Å². The molecule has 1 aliphatic carbocycles. The third kappa shape index (κ3) is 7.17. The van der Waals surface area contributed by atoms with Crippen molar-refractivity contribution in [1.82, 2.24) is 0 Å². The van der Waals surface area contributed by atoms with Crippen LogP contribution in [-0.4, -0.2) is 30.4 Å². The maximum atomic E-state index is 9.74. The molecule has 0 aromatic heterocycles. The third-order valence-corrected chi connectivity index (χ3v) is 6.87. The first-order chi connectivity index (χ1) is 18.6. The summed E-state index contributed by atoms with van der Waals surface area (Å²) in [6.45, 7) is 11.8. The predicted octanol–water partition coefficient (Wildman–Crippen LogP) is 6.68. The minimum absolute atomic E-state index is 0.0507. The van der Waals surface area contributed by atoms with Crippen LogP contribution in [0.4, 0.5) is 5.69 Å². The van der Waals surface area contributed by atoms with Crippen LogP contribution in [0, 0.1) is 39.4 Å². The first kappa shape index (κ1) is 29.2. The normalized spacial score (nSPS) is 19.0. The van der Waals surface area contributed by atoms with Crippen molar-refractivity contribution in [1.29, 1.82) is 15.8 Å². The van der Waals surface area contributed by atoms with E-state index < -0.39 is 5.60 Å². The van der Waals surface area contributed by atoms with Gasteiger partial charge in [0.25, 0.3) is 0 Å². The summed E-state index contributed by atoms with van der Waals surface area (Å²) >= 11 is 0. The monoisotopic (exact) mass is 520 g/mol. The van der Waals surface area contributed by atoms with Gasteiger partial charge in [0.2, 0.25) is 0 Å². The summed E-state index contributed by atoms with van der Waals surface area (Å²) in [5, 5.41) is 37.5. The standard InChI is InChI=1S/C33H36N4O2/c1-6-37(16-17-38)28-14-12-24(13-15-28)10-11-26-18-25(19-32(2,3)20-26)8-7-9-30-29(23-36)31(27(21-34)22-35)39-33(30,4)5/h7-15,18,38H,6,16-17,19-20H2,1-5H3/b9-7+,11-10+,25-8-. The summed E-state index contributed by atoms with van der Waals surface area (Å²) in [7, 11) is 0. The Labute approximate surface area is 232 Å². The van der Waals surface area contributed by atoms with Crippen LogP contribution in [0.2, 0.25) is 0 Å². The molecule has 1 aliphatic heterocycles. The third-order valence-electron chi connectivity index (χ3n) is 6.87. The maximum absolute atomic E-state index is 9.74. The molecule has 1 N–H and O–H groups in total. The van der Waals surface area contributed by atoms with Crippen LogP contribution < -0.4 is 4.90 Å². The van der Waals surface area contributed by atoms with E-state index in [1.807, 2.05) is 38.1 Å². The highest BCUT2D eigenvalue weighted by Crippen LogP contribution is 2.41. The number of aliphatic hydroxyl groups is 1. The molecule has 3 rings (SSSR count). The van der Waals surface area contributed by atoms with Crippen molar-refractivity contribution in [2.24, 2.45) is 5.41 Å². The van der Waals surface area contributed by atoms with Crippen LogP contribution in [0.1, 0.15) is 53.0 Å². The number of ether oxygens (including phenoxy) is 1. The molecule has 39 heavy (non-hydrogen) atoms. The molecule has 6 nitrogen and oxygen atoms in total. The fourth-order valence-corrected chi connectivity index (χ4v) is 5.06.